The summed E-state index contributed by atoms with van der Waals surface area (Å²) in [6.45, 7) is 4.34. The highest BCUT2D eigenvalue weighted by atomic mass is 32.2. The van der Waals surface area contributed by atoms with Gasteiger partial charge >= 0.3 is 0 Å². The molecule has 0 aliphatic carbocycles. The molecule has 0 spiro atoms. The van der Waals surface area contributed by atoms with Crippen molar-refractivity contribution in [3.8, 4) is 0 Å². The molecule has 0 atom stereocenters. The second kappa shape index (κ2) is 8.13. The van der Waals surface area contributed by atoms with Crippen LogP contribution in [0.2, 0.25) is 0 Å². The van der Waals surface area contributed by atoms with Gasteiger partial charge in [0.15, 0.2) is 0 Å². The Morgan fingerprint density at radius 3 is 1.76 bits per heavy atom. The summed E-state index contributed by atoms with van der Waals surface area (Å²) in [6, 6.07) is 21.5. The average Bonchev–Trinajstić information content (AvgIpc) is 2.62. The van der Waals surface area contributed by atoms with Crippen molar-refractivity contribution in [1.29, 1.82) is 0 Å². The third kappa shape index (κ3) is 5.14. The highest BCUT2D eigenvalue weighted by Crippen LogP contribution is 2.29. The van der Waals surface area contributed by atoms with Gasteiger partial charge in [-0.15, -0.1) is 0 Å². The number of piperazine rings is 1. The molecule has 0 radical (unpaired) electrons. The lowest BCUT2D eigenvalue weighted by molar-refractivity contribution is 0.114. The van der Waals surface area contributed by atoms with E-state index in [1.165, 1.54) is 17.4 Å². The number of benzene rings is 2. The zero-order valence-electron chi connectivity index (χ0n) is 14.7. The molecule has 3 rings (SSSR count). The first-order valence-electron chi connectivity index (χ1n) is 8.77. The van der Waals surface area contributed by atoms with Crippen LogP contribution in [0.25, 0.3) is 0 Å². The van der Waals surface area contributed by atoms with E-state index in [-0.39, 0.29) is 11.8 Å². The Hall–Kier alpha value is -1.69. The maximum Gasteiger partial charge on any atom is 0.148 e. The van der Waals surface area contributed by atoms with E-state index in [9.17, 15) is 8.42 Å². The molecule has 5 heteroatoms. The molecule has 1 aliphatic heterocycles. The number of rotatable bonds is 6. The molecule has 2 aromatic rings. The lowest BCUT2D eigenvalue weighted by Crippen LogP contribution is -2.48. The van der Waals surface area contributed by atoms with E-state index in [2.05, 4.69) is 70.5 Å². The minimum absolute atomic E-state index is 0.244. The minimum atomic E-state index is -2.89. The smallest absolute Gasteiger partial charge is 0.148 e. The molecule has 1 heterocycles. The zero-order valence-corrected chi connectivity index (χ0v) is 15.5. The lowest BCUT2D eigenvalue weighted by atomic mass is 9.96. The molecule has 4 nitrogen and oxygen atoms in total. The van der Waals surface area contributed by atoms with Crippen molar-refractivity contribution in [2.75, 3.05) is 44.7 Å². The van der Waals surface area contributed by atoms with Crippen LogP contribution in [0.1, 0.15) is 17.2 Å². The van der Waals surface area contributed by atoms with Crippen molar-refractivity contribution in [3.63, 3.8) is 0 Å². The first-order chi connectivity index (χ1) is 12.0. The average molecular weight is 359 g/mol. The molecule has 0 bridgehead atoms. The Morgan fingerprint density at radius 1 is 0.840 bits per heavy atom. The van der Waals surface area contributed by atoms with E-state index in [4.69, 9.17) is 0 Å². The molecule has 1 aliphatic rings. The van der Waals surface area contributed by atoms with Gasteiger partial charge in [-0.05, 0) is 11.1 Å². The van der Waals surface area contributed by atoms with E-state index in [0.717, 1.165) is 26.2 Å². The highest BCUT2D eigenvalue weighted by Gasteiger charge is 2.26. The summed E-state index contributed by atoms with van der Waals surface area (Å²) in [5.74, 6) is 0.244. The first kappa shape index (κ1) is 18.1. The van der Waals surface area contributed by atoms with Gasteiger partial charge in [0.1, 0.15) is 9.84 Å². The summed E-state index contributed by atoms with van der Waals surface area (Å²) in [4.78, 5) is 4.76. The summed E-state index contributed by atoms with van der Waals surface area (Å²) in [6.07, 6.45) is 1.31. The second-order valence-electron chi connectivity index (χ2n) is 6.73. The molecule has 0 N–H and O–H groups in total. The van der Waals surface area contributed by atoms with Crippen LogP contribution >= 0.6 is 0 Å². The largest absolute Gasteiger partial charge is 0.300 e. The Bertz CT molecular complexity index is 715. The van der Waals surface area contributed by atoms with Crippen LogP contribution in [-0.2, 0) is 9.84 Å². The van der Waals surface area contributed by atoms with E-state index in [0.29, 0.717) is 6.54 Å². The Morgan fingerprint density at radius 2 is 1.32 bits per heavy atom. The monoisotopic (exact) mass is 358 g/mol. The molecule has 25 heavy (non-hydrogen) atoms. The summed E-state index contributed by atoms with van der Waals surface area (Å²) in [5, 5.41) is 0. The zero-order chi connectivity index (χ0) is 17.7. The molecule has 2 aromatic carbocycles. The van der Waals surface area contributed by atoms with Crippen LogP contribution in [0.3, 0.4) is 0 Å². The highest BCUT2D eigenvalue weighted by molar-refractivity contribution is 7.90. The van der Waals surface area contributed by atoms with Crippen molar-refractivity contribution < 1.29 is 8.42 Å². The SMILES string of the molecule is CS(=O)(=O)CCN1CCN(C(c2ccccc2)c2ccccc2)CC1. The minimum Gasteiger partial charge on any atom is -0.300 e. The predicted octanol–water partition coefficient (Wildman–Crippen LogP) is 2.44. The van der Waals surface area contributed by atoms with Crippen molar-refractivity contribution >= 4 is 9.84 Å². The van der Waals surface area contributed by atoms with Crippen molar-refractivity contribution in [3.05, 3.63) is 71.8 Å². The van der Waals surface area contributed by atoms with Crippen molar-refractivity contribution in [2.24, 2.45) is 0 Å². The van der Waals surface area contributed by atoms with Gasteiger partial charge in [0, 0.05) is 39.0 Å². The third-order valence-corrected chi connectivity index (χ3v) is 5.71. The van der Waals surface area contributed by atoms with Crippen molar-refractivity contribution in [1.82, 2.24) is 9.80 Å². The molecular formula is C20H26N2O2S. The Labute approximate surface area is 151 Å². The fourth-order valence-electron chi connectivity index (χ4n) is 3.42. The summed E-state index contributed by atoms with van der Waals surface area (Å²) in [5.41, 5.74) is 2.61. The van der Waals surface area contributed by atoms with Gasteiger partial charge in [-0.3, -0.25) is 9.80 Å². The normalized spacial score (nSPS) is 17.0. The standard InChI is InChI=1S/C20H26N2O2S/c1-25(23,24)17-16-21-12-14-22(15-13-21)20(18-8-4-2-5-9-18)19-10-6-3-7-11-19/h2-11,20H,12-17H2,1H3. The fourth-order valence-corrected chi connectivity index (χ4v) is 4.01. The number of nitrogens with zero attached hydrogens (tertiary/aromatic N) is 2. The third-order valence-electron chi connectivity index (χ3n) is 4.78. The second-order valence-corrected chi connectivity index (χ2v) is 8.99. The molecule has 1 fully saturated rings. The van der Waals surface area contributed by atoms with E-state index in [1.54, 1.807) is 0 Å². The number of sulfone groups is 1. The van der Waals surface area contributed by atoms with Crippen LogP contribution < -0.4 is 0 Å². The molecule has 134 valence electrons. The fraction of sp³-hybridized carbons (Fsp3) is 0.400. The summed E-state index contributed by atoms with van der Waals surface area (Å²) >= 11 is 0. The van der Waals surface area contributed by atoms with Crippen LogP contribution in [0.4, 0.5) is 0 Å². The van der Waals surface area contributed by atoms with Crippen LogP contribution in [0.5, 0.6) is 0 Å². The Balaban J connectivity index is 1.71. The van der Waals surface area contributed by atoms with E-state index < -0.39 is 9.84 Å². The van der Waals surface area contributed by atoms with Gasteiger partial charge in [-0.1, -0.05) is 60.7 Å². The molecule has 0 aromatic heterocycles. The van der Waals surface area contributed by atoms with Gasteiger partial charge in [-0.25, -0.2) is 8.42 Å². The quantitative estimate of drug-likeness (QED) is 0.795. The van der Waals surface area contributed by atoms with Crippen LogP contribution in [-0.4, -0.2) is 63.0 Å². The molecule has 0 amide bonds. The topological polar surface area (TPSA) is 40.6 Å². The van der Waals surface area contributed by atoms with Gasteiger partial charge < -0.3 is 0 Å². The van der Waals surface area contributed by atoms with Crippen LogP contribution in [0.15, 0.2) is 60.7 Å². The lowest BCUT2D eigenvalue weighted by Gasteiger charge is -2.39. The maximum absolute atomic E-state index is 11.4. The van der Waals surface area contributed by atoms with Crippen molar-refractivity contribution in [2.45, 2.75) is 6.04 Å². The van der Waals surface area contributed by atoms with Gasteiger partial charge in [0.2, 0.25) is 0 Å². The Kier molecular flexibility index (Phi) is 5.89. The van der Waals surface area contributed by atoms with E-state index in [1.807, 2.05) is 0 Å². The summed E-state index contributed by atoms with van der Waals surface area (Å²) < 4.78 is 22.8. The molecule has 0 unspecified atom stereocenters. The number of hydrogen-bond acceptors (Lipinski definition) is 4. The van der Waals surface area contributed by atoms with Gasteiger partial charge in [0.25, 0.3) is 0 Å². The first-order valence-corrected chi connectivity index (χ1v) is 10.8. The predicted molar refractivity (Wildman–Crippen MR) is 102 cm³/mol. The molecule has 1 saturated heterocycles. The van der Waals surface area contributed by atoms with Gasteiger partial charge in [0.05, 0.1) is 11.8 Å². The van der Waals surface area contributed by atoms with Crippen LogP contribution in [0, 0.1) is 0 Å². The van der Waals surface area contributed by atoms with Gasteiger partial charge in [-0.2, -0.15) is 0 Å². The summed E-state index contributed by atoms with van der Waals surface area (Å²) in [7, 11) is -2.89. The molecular weight excluding hydrogens is 332 g/mol. The number of hydrogen-bond donors (Lipinski definition) is 0. The van der Waals surface area contributed by atoms with E-state index >= 15 is 0 Å². The maximum atomic E-state index is 11.4. The molecule has 0 saturated carbocycles.